The largest absolute Gasteiger partial charge is 0.435 e. The number of pyridine rings is 1. The van der Waals surface area contributed by atoms with Gasteiger partial charge in [-0.1, -0.05) is 0 Å². The molecule has 1 aromatic heterocycles. The van der Waals surface area contributed by atoms with Crippen molar-refractivity contribution in [2.24, 2.45) is 0 Å². The Kier molecular flexibility index (Phi) is 4.10. The Morgan fingerprint density at radius 3 is 1.79 bits per heavy atom. The van der Waals surface area contributed by atoms with Crippen LogP contribution in [0.5, 0.6) is 0 Å². The predicted octanol–water partition coefficient (Wildman–Crippen LogP) is 5.56. The number of aromatic nitrogens is 1. The first kappa shape index (κ1) is 18.5. The van der Waals surface area contributed by atoms with Crippen LogP contribution in [0, 0.1) is 33.8 Å². The number of nitrogens with zero attached hydrogens (tertiary/aromatic N) is 1. The smallest absolute Gasteiger partial charge is 0.253 e. The van der Waals surface area contributed by atoms with Crippen molar-refractivity contribution in [3.8, 4) is 0 Å². The molecular formula is C16H13F7N. The molecule has 0 N–H and O–H groups in total. The van der Waals surface area contributed by atoms with Crippen molar-refractivity contribution in [3.05, 3.63) is 40.1 Å². The van der Waals surface area contributed by atoms with E-state index in [4.69, 9.17) is 0 Å². The fourth-order valence-corrected chi connectivity index (χ4v) is 2.51. The molecule has 0 bridgehead atoms. The fraction of sp³-hybridized carbons (Fsp3) is 0.438. The summed E-state index contributed by atoms with van der Waals surface area (Å²) < 4.78 is 92.5. The number of hydrogen-bond donors (Lipinski definition) is 0. The zero-order valence-corrected chi connectivity index (χ0v) is 13.2. The summed E-state index contributed by atoms with van der Waals surface area (Å²) in [7, 11) is 0. The molecule has 2 rings (SSSR count). The van der Waals surface area contributed by atoms with Crippen molar-refractivity contribution in [2.45, 2.75) is 45.7 Å². The van der Waals surface area contributed by atoms with Crippen LogP contribution in [0.3, 0.4) is 0 Å². The van der Waals surface area contributed by atoms with Gasteiger partial charge < -0.3 is 0 Å². The maximum atomic E-state index is 14.4. The minimum atomic E-state index is -6.15. The number of alkyl halides is 7. The Balaban J connectivity index is 2.95. The van der Waals surface area contributed by atoms with Crippen LogP contribution in [0.4, 0.5) is 30.7 Å². The average Bonchev–Trinajstić information content (AvgIpc) is 2.42. The van der Waals surface area contributed by atoms with Crippen LogP contribution in [-0.2, 0) is 5.67 Å². The molecule has 0 unspecified atom stereocenters. The van der Waals surface area contributed by atoms with Crippen molar-refractivity contribution < 1.29 is 30.7 Å². The molecule has 0 atom stereocenters. The number of fused-ring (bicyclic) bond motifs is 1. The number of aryl methyl sites for hydroxylation is 3. The highest BCUT2D eigenvalue weighted by atomic mass is 19.4. The third kappa shape index (κ3) is 2.52. The zero-order chi connectivity index (χ0) is 18.7. The molecule has 2 aromatic rings. The van der Waals surface area contributed by atoms with Gasteiger partial charge in [0.1, 0.15) is 0 Å². The van der Waals surface area contributed by atoms with E-state index in [-0.39, 0.29) is 16.5 Å². The van der Waals surface area contributed by atoms with Crippen molar-refractivity contribution in [2.75, 3.05) is 0 Å². The summed E-state index contributed by atoms with van der Waals surface area (Å²) in [6.45, 7) is 5.53. The highest BCUT2D eigenvalue weighted by Gasteiger charge is 2.74. The van der Waals surface area contributed by atoms with E-state index in [0.717, 1.165) is 6.92 Å². The van der Waals surface area contributed by atoms with E-state index in [9.17, 15) is 30.7 Å². The summed E-state index contributed by atoms with van der Waals surface area (Å²) in [5.74, 6) is 0. The number of benzene rings is 1. The van der Waals surface area contributed by atoms with Crippen molar-refractivity contribution in [1.82, 2.24) is 4.98 Å². The highest BCUT2D eigenvalue weighted by Crippen LogP contribution is 2.54. The van der Waals surface area contributed by atoms with Gasteiger partial charge in [0.15, 0.2) is 0 Å². The molecule has 1 aromatic carbocycles. The Bertz CT molecular complexity index is 789. The molecular weight excluding hydrogens is 339 g/mol. The van der Waals surface area contributed by atoms with Crippen LogP contribution in [0.25, 0.3) is 10.9 Å². The predicted molar refractivity (Wildman–Crippen MR) is 74.4 cm³/mol. The summed E-state index contributed by atoms with van der Waals surface area (Å²) in [4.78, 5) is 4.17. The third-order valence-corrected chi connectivity index (χ3v) is 4.16. The Labute approximate surface area is 133 Å². The van der Waals surface area contributed by atoms with E-state index >= 15 is 0 Å². The molecule has 0 amide bonds. The van der Waals surface area contributed by atoms with E-state index in [2.05, 4.69) is 11.1 Å². The van der Waals surface area contributed by atoms with Gasteiger partial charge in [-0.3, -0.25) is 4.98 Å². The fourth-order valence-electron chi connectivity index (χ4n) is 2.51. The summed E-state index contributed by atoms with van der Waals surface area (Å²) >= 11 is 0. The molecule has 0 saturated heterocycles. The molecule has 1 radical (unpaired) electrons. The van der Waals surface area contributed by atoms with Crippen LogP contribution in [0.2, 0.25) is 0 Å². The number of rotatable bonds is 1. The first-order valence-corrected chi connectivity index (χ1v) is 6.85. The lowest BCUT2D eigenvalue weighted by Crippen LogP contribution is -2.50. The van der Waals surface area contributed by atoms with Gasteiger partial charge in [-0.2, -0.15) is 26.3 Å². The van der Waals surface area contributed by atoms with Crippen LogP contribution >= 0.6 is 0 Å². The SMILES string of the molecule is Cc1[c]c2cc(C(F)(C(F)(F)F)C(F)(F)F)c(C)c(C)c2nc1C. The van der Waals surface area contributed by atoms with Gasteiger partial charge in [0.25, 0.3) is 0 Å². The van der Waals surface area contributed by atoms with Crippen LogP contribution < -0.4 is 0 Å². The second kappa shape index (κ2) is 5.32. The Morgan fingerprint density at radius 2 is 1.33 bits per heavy atom. The molecule has 1 nitrogen and oxygen atoms in total. The lowest BCUT2D eigenvalue weighted by atomic mass is 9.86. The molecule has 0 aliphatic rings. The molecule has 8 heteroatoms. The molecule has 1 heterocycles. The van der Waals surface area contributed by atoms with Gasteiger partial charge in [0.2, 0.25) is 0 Å². The monoisotopic (exact) mass is 352 g/mol. The van der Waals surface area contributed by atoms with Gasteiger partial charge >= 0.3 is 18.0 Å². The first-order valence-electron chi connectivity index (χ1n) is 6.85. The van der Waals surface area contributed by atoms with E-state index < -0.39 is 29.1 Å². The standard InChI is InChI=1S/C16H13F7N/c1-7-5-11-6-12(8(2)9(3)13(11)24-10(7)4)14(17,15(18,19)20)16(21,22)23/h6H,1-4H3. The minimum absolute atomic E-state index is 0.0531. The van der Waals surface area contributed by atoms with Gasteiger partial charge in [-0.25, -0.2) is 4.39 Å². The van der Waals surface area contributed by atoms with Crippen molar-refractivity contribution in [1.29, 1.82) is 0 Å². The maximum Gasteiger partial charge on any atom is 0.435 e. The Morgan fingerprint density at radius 1 is 0.833 bits per heavy atom. The molecule has 0 saturated carbocycles. The van der Waals surface area contributed by atoms with Crippen LogP contribution in [0.15, 0.2) is 6.07 Å². The van der Waals surface area contributed by atoms with Gasteiger partial charge in [-0.15, -0.1) is 0 Å². The molecule has 131 valence electrons. The lowest BCUT2D eigenvalue weighted by Gasteiger charge is -2.32. The number of halogens is 7. The van der Waals surface area contributed by atoms with Gasteiger partial charge in [-0.05, 0) is 56.5 Å². The van der Waals surface area contributed by atoms with Crippen molar-refractivity contribution >= 4 is 10.9 Å². The molecule has 0 aliphatic heterocycles. The van der Waals surface area contributed by atoms with Crippen LogP contribution in [0.1, 0.15) is 27.9 Å². The molecule has 0 spiro atoms. The molecule has 24 heavy (non-hydrogen) atoms. The van der Waals surface area contributed by atoms with E-state index in [0.29, 0.717) is 17.3 Å². The first-order chi connectivity index (χ1) is 10.7. The highest BCUT2D eigenvalue weighted by molar-refractivity contribution is 5.84. The molecule has 0 fully saturated rings. The van der Waals surface area contributed by atoms with Crippen LogP contribution in [-0.4, -0.2) is 17.3 Å². The topological polar surface area (TPSA) is 12.9 Å². The summed E-state index contributed by atoms with van der Waals surface area (Å²) in [6.07, 6.45) is -12.3. The second-order valence-electron chi connectivity index (χ2n) is 5.67. The molecule has 0 aliphatic carbocycles. The Hall–Kier alpha value is -1.86. The minimum Gasteiger partial charge on any atom is -0.253 e. The normalized spacial score (nSPS) is 13.6. The summed E-state index contributed by atoms with van der Waals surface area (Å²) in [6, 6.07) is 3.22. The third-order valence-electron chi connectivity index (χ3n) is 4.16. The number of hydrogen-bond acceptors (Lipinski definition) is 1. The maximum absolute atomic E-state index is 14.4. The quantitative estimate of drug-likeness (QED) is 0.613. The average molecular weight is 352 g/mol. The summed E-state index contributed by atoms with van der Waals surface area (Å²) in [5, 5.41) is -0.0910. The van der Waals surface area contributed by atoms with E-state index in [1.165, 1.54) is 6.92 Å². The lowest BCUT2D eigenvalue weighted by molar-refractivity contribution is -0.348. The van der Waals surface area contributed by atoms with Gasteiger partial charge in [0.05, 0.1) is 5.52 Å². The van der Waals surface area contributed by atoms with E-state index in [1.54, 1.807) is 13.8 Å². The second-order valence-corrected chi connectivity index (χ2v) is 5.67. The van der Waals surface area contributed by atoms with Gasteiger partial charge in [0, 0.05) is 16.6 Å². The van der Waals surface area contributed by atoms with E-state index in [1.807, 2.05) is 0 Å². The zero-order valence-electron chi connectivity index (χ0n) is 13.2. The van der Waals surface area contributed by atoms with Crippen molar-refractivity contribution in [3.63, 3.8) is 0 Å². The summed E-state index contributed by atoms with van der Waals surface area (Å²) in [5.41, 5.74) is -6.13.